The third-order valence-electron chi connectivity index (χ3n) is 2.49. The largest absolute Gasteiger partial charge is 0.413 e. The van der Waals surface area contributed by atoms with Crippen LogP contribution in [0.25, 0.3) is 0 Å². The number of aromatic nitrogens is 2. The first-order chi connectivity index (χ1) is 9.53. The number of rotatable bonds is 6. The van der Waals surface area contributed by atoms with Gasteiger partial charge >= 0.3 is 6.18 Å². The fourth-order valence-electron chi connectivity index (χ4n) is 1.62. The van der Waals surface area contributed by atoms with Gasteiger partial charge in [0.25, 0.3) is 0 Å². The normalized spacial score (nSPS) is 11.8. The Labute approximate surface area is 114 Å². The van der Waals surface area contributed by atoms with Crippen molar-refractivity contribution < 1.29 is 18.0 Å². The molecule has 0 fully saturated rings. The van der Waals surface area contributed by atoms with Crippen LogP contribution < -0.4 is 5.48 Å². The van der Waals surface area contributed by atoms with E-state index in [1.54, 1.807) is 17.1 Å². The summed E-state index contributed by atoms with van der Waals surface area (Å²) in [5, 5.41) is 4.14. The lowest BCUT2D eigenvalue weighted by atomic mass is 10.2. The van der Waals surface area contributed by atoms with Crippen molar-refractivity contribution in [1.82, 2.24) is 15.3 Å². The average Bonchev–Trinajstić information content (AvgIpc) is 2.82. The van der Waals surface area contributed by atoms with E-state index >= 15 is 0 Å². The number of hydrogen-bond acceptors (Lipinski definition) is 3. The second-order valence-electron chi connectivity index (χ2n) is 4.26. The molecule has 0 aliphatic carbocycles. The van der Waals surface area contributed by atoms with Gasteiger partial charge in [-0.25, -0.2) is 0 Å². The lowest BCUT2D eigenvalue weighted by Gasteiger charge is -2.07. The van der Waals surface area contributed by atoms with Gasteiger partial charge in [0.1, 0.15) is 0 Å². The summed E-state index contributed by atoms with van der Waals surface area (Å²) in [4.78, 5) is 4.32. The first-order valence-electron chi connectivity index (χ1n) is 5.99. The van der Waals surface area contributed by atoms with Crippen LogP contribution in [0.5, 0.6) is 0 Å². The summed E-state index contributed by atoms with van der Waals surface area (Å²) < 4.78 is 37.3. The third-order valence-corrected chi connectivity index (χ3v) is 2.49. The molecule has 2 aromatic rings. The van der Waals surface area contributed by atoms with Crippen LogP contribution in [0.3, 0.4) is 0 Å². The van der Waals surface area contributed by atoms with Crippen molar-refractivity contribution >= 4 is 0 Å². The molecule has 1 aromatic carbocycles. The van der Waals surface area contributed by atoms with E-state index in [9.17, 15) is 13.2 Å². The summed E-state index contributed by atoms with van der Waals surface area (Å²) in [5.41, 5.74) is 4.12. The van der Waals surface area contributed by atoms with Crippen LogP contribution in [-0.2, 0) is 17.9 Å². The topological polar surface area (TPSA) is 39.1 Å². The Morgan fingerprint density at radius 2 is 1.90 bits per heavy atom. The molecule has 0 radical (unpaired) electrons. The van der Waals surface area contributed by atoms with E-state index in [2.05, 4.69) is 15.4 Å². The molecule has 1 aromatic heterocycles. The second kappa shape index (κ2) is 6.53. The Kier molecular flexibility index (Phi) is 4.75. The molecule has 20 heavy (non-hydrogen) atoms. The SMILES string of the molecule is FC(F)(F)CONCc1cnn(Cc2ccccc2)c1. The number of alkyl halides is 3. The molecule has 0 atom stereocenters. The molecule has 0 aliphatic heterocycles. The Balaban J connectivity index is 1.78. The van der Waals surface area contributed by atoms with Gasteiger partial charge in [-0.15, -0.1) is 0 Å². The molecular formula is C13H14F3N3O. The first-order valence-corrected chi connectivity index (χ1v) is 5.99. The van der Waals surface area contributed by atoms with Crippen molar-refractivity contribution in [2.24, 2.45) is 0 Å². The van der Waals surface area contributed by atoms with Gasteiger partial charge in [-0.3, -0.25) is 9.52 Å². The Morgan fingerprint density at radius 3 is 2.60 bits per heavy atom. The fraction of sp³-hybridized carbons (Fsp3) is 0.308. The van der Waals surface area contributed by atoms with E-state index in [-0.39, 0.29) is 6.54 Å². The van der Waals surface area contributed by atoms with Gasteiger partial charge in [0.05, 0.1) is 12.7 Å². The molecule has 0 unspecified atom stereocenters. The zero-order chi connectivity index (χ0) is 14.4. The zero-order valence-electron chi connectivity index (χ0n) is 10.6. The second-order valence-corrected chi connectivity index (χ2v) is 4.26. The van der Waals surface area contributed by atoms with Gasteiger partial charge in [-0.1, -0.05) is 30.3 Å². The van der Waals surface area contributed by atoms with Gasteiger partial charge in [-0.2, -0.15) is 23.8 Å². The Morgan fingerprint density at radius 1 is 1.15 bits per heavy atom. The Hall–Kier alpha value is -1.86. The highest BCUT2D eigenvalue weighted by atomic mass is 19.4. The molecular weight excluding hydrogens is 271 g/mol. The molecule has 2 rings (SSSR count). The van der Waals surface area contributed by atoms with Gasteiger partial charge in [0.15, 0.2) is 6.61 Å². The van der Waals surface area contributed by atoms with E-state index in [1.165, 1.54) is 0 Å². The molecule has 0 spiro atoms. The van der Waals surface area contributed by atoms with Gasteiger partial charge in [0.2, 0.25) is 0 Å². The number of hydrogen-bond donors (Lipinski definition) is 1. The van der Waals surface area contributed by atoms with Gasteiger partial charge in [0, 0.05) is 18.3 Å². The number of nitrogens with one attached hydrogen (secondary N) is 1. The van der Waals surface area contributed by atoms with Gasteiger partial charge < -0.3 is 0 Å². The van der Waals surface area contributed by atoms with Crippen LogP contribution in [0.4, 0.5) is 13.2 Å². The first kappa shape index (κ1) is 14.5. The van der Waals surface area contributed by atoms with E-state index in [4.69, 9.17) is 0 Å². The lowest BCUT2D eigenvalue weighted by molar-refractivity contribution is -0.190. The highest BCUT2D eigenvalue weighted by Crippen LogP contribution is 2.13. The summed E-state index contributed by atoms with van der Waals surface area (Å²) in [6, 6.07) is 9.76. The zero-order valence-corrected chi connectivity index (χ0v) is 10.6. The van der Waals surface area contributed by atoms with Crippen molar-refractivity contribution in [2.45, 2.75) is 19.3 Å². The van der Waals surface area contributed by atoms with Crippen LogP contribution in [0.1, 0.15) is 11.1 Å². The minimum atomic E-state index is -4.33. The highest BCUT2D eigenvalue weighted by molar-refractivity contribution is 5.15. The summed E-state index contributed by atoms with van der Waals surface area (Å²) in [5.74, 6) is 0. The minimum Gasteiger partial charge on any atom is -0.292 e. The predicted molar refractivity (Wildman–Crippen MR) is 66.6 cm³/mol. The van der Waals surface area contributed by atoms with E-state index in [1.807, 2.05) is 30.3 Å². The molecule has 1 heterocycles. The van der Waals surface area contributed by atoms with Crippen LogP contribution >= 0.6 is 0 Å². The van der Waals surface area contributed by atoms with Crippen molar-refractivity contribution in [1.29, 1.82) is 0 Å². The minimum absolute atomic E-state index is 0.171. The summed E-state index contributed by atoms with van der Waals surface area (Å²) in [6.07, 6.45) is -0.978. The van der Waals surface area contributed by atoms with E-state index < -0.39 is 12.8 Å². The smallest absolute Gasteiger partial charge is 0.292 e. The number of benzene rings is 1. The van der Waals surface area contributed by atoms with Crippen LogP contribution in [0.15, 0.2) is 42.7 Å². The number of nitrogens with zero attached hydrogens (tertiary/aromatic N) is 2. The predicted octanol–water partition coefficient (Wildman–Crippen LogP) is 2.51. The lowest BCUT2D eigenvalue weighted by Crippen LogP contribution is -2.24. The maximum atomic E-state index is 11.8. The van der Waals surface area contributed by atoms with Gasteiger partial charge in [-0.05, 0) is 5.56 Å². The van der Waals surface area contributed by atoms with E-state index in [0.717, 1.165) is 11.1 Å². The standard InChI is InChI=1S/C13H14F3N3O/c14-13(15,16)10-20-18-7-12-6-17-19(9-12)8-11-4-2-1-3-5-11/h1-6,9,18H,7-8,10H2. The molecule has 0 saturated heterocycles. The maximum absolute atomic E-state index is 11.8. The maximum Gasteiger partial charge on any atom is 0.413 e. The molecule has 0 saturated carbocycles. The number of hydroxylamine groups is 1. The summed E-state index contributed by atoms with van der Waals surface area (Å²) in [7, 11) is 0. The summed E-state index contributed by atoms with van der Waals surface area (Å²) >= 11 is 0. The molecule has 1 N–H and O–H groups in total. The summed E-state index contributed by atoms with van der Waals surface area (Å²) in [6.45, 7) is -0.528. The van der Waals surface area contributed by atoms with Crippen LogP contribution in [0, 0.1) is 0 Å². The number of halogens is 3. The van der Waals surface area contributed by atoms with Crippen molar-refractivity contribution in [3.63, 3.8) is 0 Å². The highest BCUT2D eigenvalue weighted by Gasteiger charge is 2.27. The van der Waals surface area contributed by atoms with Crippen molar-refractivity contribution in [3.8, 4) is 0 Å². The Bertz CT molecular complexity index is 525. The molecule has 0 amide bonds. The van der Waals surface area contributed by atoms with Crippen molar-refractivity contribution in [3.05, 3.63) is 53.9 Å². The average molecular weight is 285 g/mol. The molecule has 7 heteroatoms. The molecule has 0 aliphatic rings. The molecule has 108 valence electrons. The van der Waals surface area contributed by atoms with Crippen LogP contribution in [-0.4, -0.2) is 22.6 Å². The fourth-order valence-corrected chi connectivity index (χ4v) is 1.62. The van der Waals surface area contributed by atoms with Crippen LogP contribution in [0.2, 0.25) is 0 Å². The molecule has 4 nitrogen and oxygen atoms in total. The third kappa shape index (κ3) is 5.02. The van der Waals surface area contributed by atoms with E-state index in [0.29, 0.717) is 6.54 Å². The monoisotopic (exact) mass is 285 g/mol. The molecule has 0 bridgehead atoms. The quantitative estimate of drug-likeness (QED) is 0.655. The van der Waals surface area contributed by atoms with Crippen molar-refractivity contribution in [2.75, 3.05) is 6.61 Å².